The van der Waals surface area contributed by atoms with Gasteiger partial charge >= 0.3 is 0 Å². The molecule has 4 nitrogen and oxygen atoms in total. The maximum atomic E-state index is 11.9. The molecule has 1 fully saturated rings. The molecule has 1 aliphatic rings. The van der Waals surface area contributed by atoms with Crippen LogP contribution in [0.1, 0.15) is 24.8 Å². The Morgan fingerprint density at radius 1 is 1.32 bits per heavy atom. The molecule has 1 aromatic rings. The van der Waals surface area contributed by atoms with Crippen LogP contribution in [0.2, 0.25) is 0 Å². The van der Waals surface area contributed by atoms with Crippen LogP contribution < -0.4 is 11.1 Å². The van der Waals surface area contributed by atoms with E-state index >= 15 is 0 Å². The second-order valence-electron chi connectivity index (χ2n) is 4.76. The van der Waals surface area contributed by atoms with E-state index in [0.29, 0.717) is 22.7 Å². The van der Waals surface area contributed by atoms with Gasteiger partial charge in [0, 0.05) is 18.5 Å². The second kappa shape index (κ2) is 6.63. The SMILES string of the molecule is NC(=S)c1ccccc1NC(=O)CCN1CCCC1. The molecule has 2 rings (SSSR count). The third-order valence-corrected chi connectivity index (χ3v) is 3.54. The fourth-order valence-corrected chi connectivity index (χ4v) is 2.46. The number of hydrogen-bond donors (Lipinski definition) is 2. The van der Waals surface area contributed by atoms with E-state index in [0.717, 1.165) is 19.6 Å². The van der Waals surface area contributed by atoms with Gasteiger partial charge in [-0.15, -0.1) is 0 Å². The first-order valence-electron chi connectivity index (χ1n) is 6.58. The summed E-state index contributed by atoms with van der Waals surface area (Å²) in [4.78, 5) is 14.5. The molecule has 0 radical (unpaired) electrons. The standard InChI is InChI=1S/C14H19N3OS/c15-14(19)11-5-1-2-6-12(11)16-13(18)7-10-17-8-3-4-9-17/h1-2,5-6H,3-4,7-10H2,(H2,15,19)(H,16,18). The van der Waals surface area contributed by atoms with Gasteiger partial charge in [-0.25, -0.2) is 0 Å². The zero-order valence-corrected chi connectivity index (χ0v) is 11.7. The Balaban J connectivity index is 1.89. The predicted octanol–water partition coefficient (Wildman–Crippen LogP) is 1.75. The number of rotatable bonds is 5. The third-order valence-electron chi connectivity index (χ3n) is 3.32. The number of nitrogens with one attached hydrogen (secondary N) is 1. The molecule has 1 amide bonds. The van der Waals surface area contributed by atoms with E-state index in [1.165, 1.54) is 12.8 Å². The Morgan fingerprint density at radius 3 is 2.68 bits per heavy atom. The van der Waals surface area contributed by atoms with Gasteiger partial charge in [-0.3, -0.25) is 4.79 Å². The van der Waals surface area contributed by atoms with E-state index < -0.39 is 0 Å². The average Bonchev–Trinajstić information content (AvgIpc) is 2.90. The number of nitrogens with two attached hydrogens (primary N) is 1. The van der Waals surface area contributed by atoms with Crippen LogP contribution in [0.25, 0.3) is 0 Å². The van der Waals surface area contributed by atoms with E-state index in [9.17, 15) is 4.79 Å². The van der Waals surface area contributed by atoms with Crippen LogP contribution in [0.3, 0.4) is 0 Å². The fraction of sp³-hybridized carbons (Fsp3) is 0.429. The molecule has 0 spiro atoms. The highest BCUT2D eigenvalue weighted by molar-refractivity contribution is 7.80. The molecule has 102 valence electrons. The summed E-state index contributed by atoms with van der Waals surface area (Å²) in [5, 5.41) is 2.88. The highest BCUT2D eigenvalue weighted by Crippen LogP contribution is 2.15. The minimum atomic E-state index is 0.00981. The fourth-order valence-electron chi connectivity index (χ4n) is 2.29. The van der Waals surface area contributed by atoms with E-state index in [4.69, 9.17) is 18.0 Å². The van der Waals surface area contributed by atoms with Gasteiger partial charge in [0.05, 0.1) is 5.69 Å². The van der Waals surface area contributed by atoms with Gasteiger partial charge in [0.25, 0.3) is 0 Å². The number of hydrogen-bond acceptors (Lipinski definition) is 3. The third kappa shape index (κ3) is 4.01. The number of thiocarbonyl (C=S) groups is 1. The number of amides is 1. The first-order chi connectivity index (χ1) is 9.16. The largest absolute Gasteiger partial charge is 0.389 e. The first-order valence-corrected chi connectivity index (χ1v) is 6.98. The Bertz CT molecular complexity index is 470. The topological polar surface area (TPSA) is 58.4 Å². The van der Waals surface area contributed by atoms with E-state index in [-0.39, 0.29) is 5.91 Å². The molecule has 5 heteroatoms. The number of carbonyl (C=O) groups is 1. The molecular weight excluding hydrogens is 258 g/mol. The second-order valence-corrected chi connectivity index (χ2v) is 5.20. The van der Waals surface area contributed by atoms with Crippen LogP contribution >= 0.6 is 12.2 Å². The molecule has 0 atom stereocenters. The average molecular weight is 277 g/mol. The lowest BCUT2D eigenvalue weighted by Gasteiger charge is -2.14. The van der Waals surface area contributed by atoms with Crippen molar-refractivity contribution in [3.8, 4) is 0 Å². The molecule has 0 aromatic heterocycles. The predicted molar refractivity (Wildman–Crippen MR) is 81.3 cm³/mol. The lowest BCUT2D eigenvalue weighted by atomic mass is 10.1. The van der Waals surface area contributed by atoms with Crippen LogP contribution in [0.4, 0.5) is 5.69 Å². The Hall–Kier alpha value is -1.46. The maximum absolute atomic E-state index is 11.9. The molecule has 0 saturated carbocycles. The van der Waals surface area contributed by atoms with Crippen molar-refractivity contribution in [2.75, 3.05) is 25.0 Å². The number of carbonyl (C=O) groups excluding carboxylic acids is 1. The van der Waals surface area contributed by atoms with Crippen molar-refractivity contribution in [1.82, 2.24) is 4.90 Å². The molecule has 1 aliphatic heterocycles. The highest BCUT2D eigenvalue weighted by Gasteiger charge is 2.13. The van der Waals surface area contributed by atoms with Crippen molar-refractivity contribution in [1.29, 1.82) is 0 Å². The van der Waals surface area contributed by atoms with Gasteiger partial charge in [0.15, 0.2) is 0 Å². The zero-order valence-electron chi connectivity index (χ0n) is 10.9. The van der Waals surface area contributed by atoms with Crippen LogP contribution in [0, 0.1) is 0 Å². The lowest BCUT2D eigenvalue weighted by Crippen LogP contribution is -2.25. The Morgan fingerprint density at radius 2 is 2.00 bits per heavy atom. The van der Waals surface area contributed by atoms with Crippen molar-refractivity contribution in [3.63, 3.8) is 0 Å². The van der Waals surface area contributed by atoms with Crippen molar-refractivity contribution >= 4 is 28.8 Å². The number of benzene rings is 1. The summed E-state index contributed by atoms with van der Waals surface area (Å²) in [5.74, 6) is 0.00981. The van der Waals surface area contributed by atoms with Crippen LogP contribution in [0.5, 0.6) is 0 Å². The molecule has 1 heterocycles. The Labute approximate surface area is 119 Å². The van der Waals surface area contributed by atoms with Gasteiger partial charge in [0.1, 0.15) is 4.99 Å². The van der Waals surface area contributed by atoms with E-state index in [1.54, 1.807) is 0 Å². The summed E-state index contributed by atoms with van der Waals surface area (Å²) in [6.07, 6.45) is 2.99. The van der Waals surface area contributed by atoms with Crippen molar-refractivity contribution < 1.29 is 4.79 Å². The monoisotopic (exact) mass is 277 g/mol. The first kappa shape index (κ1) is 14.0. The van der Waals surface area contributed by atoms with Crippen LogP contribution in [0.15, 0.2) is 24.3 Å². The van der Waals surface area contributed by atoms with Gasteiger partial charge in [-0.2, -0.15) is 0 Å². The smallest absolute Gasteiger partial charge is 0.225 e. The molecule has 0 bridgehead atoms. The molecule has 0 unspecified atom stereocenters. The zero-order chi connectivity index (χ0) is 13.7. The van der Waals surface area contributed by atoms with E-state index in [2.05, 4.69) is 10.2 Å². The molecule has 1 aromatic carbocycles. The summed E-state index contributed by atoms with van der Waals surface area (Å²) < 4.78 is 0. The molecule has 19 heavy (non-hydrogen) atoms. The number of likely N-dealkylation sites (tertiary alicyclic amines) is 1. The van der Waals surface area contributed by atoms with Crippen molar-refractivity contribution in [2.24, 2.45) is 5.73 Å². The number of anilines is 1. The van der Waals surface area contributed by atoms with E-state index in [1.807, 2.05) is 24.3 Å². The molecule has 3 N–H and O–H groups in total. The summed E-state index contributed by atoms with van der Waals surface area (Å²) in [5.41, 5.74) is 7.05. The van der Waals surface area contributed by atoms with Gasteiger partial charge < -0.3 is 16.0 Å². The summed E-state index contributed by atoms with van der Waals surface area (Å²) >= 11 is 4.97. The van der Waals surface area contributed by atoms with Crippen molar-refractivity contribution in [2.45, 2.75) is 19.3 Å². The minimum absolute atomic E-state index is 0.00981. The van der Waals surface area contributed by atoms with Gasteiger partial charge in [-0.1, -0.05) is 24.4 Å². The Kier molecular flexibility index (Phi) is 4.87. The minimum Gasteiger partial charge on any atom is -0.389 e. The lowest BCUT2D eigenvalue weighted by molar-refractivity contribution is -0.116. The van der Waals surface area contributed by atoms with Crippen LogP contribution in [-0.4, -0.2) is 35.4 Å². The van der Waals surface area contributed by atoms with Crippen LogP contribution in [-0.2, 0) is 4.79 Å². The molecular formula is C14H19N3OS. The summed E-state index contributed by atoms with van der Waals surface area (Å²) in [7, 11) is 0. The highest BCUT2D eigenvalue weighted by atomic mass is 32.1. The molecule has 0 aliphatic carbocycles. The number of nitrogens with zero attached hydrogens (tertiary/aromatic N) is 1. The quantitative estimate of drug-likeness (QED) is 0.805. The van der Waals surface area contributed by atoms with Crippen molar-refractivity contribution in [3.05, 3.63) is 29.8 Å². The van der Waals surface area contributed by atoms with Gasteiger partial charge in [0.2, 0.25) is 5.91 Å². The summed E-state index contributed by atoms with van der Waals surface area (Å²) in [6, 6.07) is 7.35. The normalized spacial score (nSPS) is 15.4. The molecule has 1 saturated heterocycles. The number of para-hydroxylation sites is 1. The maximum Gasteiger partial charge on any atom is 0.225 e. The van der Waals surface area contributed by atoms with Gasteiger partial charge in [-0.05, 0) is 38.1 Å². The summed E-state index contributed by atoms with van der Waals surface area (Å²) in [6.45, 7) is 3.04.